The van der Waals surface area contributed by atoms with E-state index in [-0.39, 0.29) is 6.61 Å². The number of ether oxygens (including phenoxy) is 1. The number of benzene rings is 1. The van der Waals surface area contributed by atoms with Gasteiger partial charge in [0.05, 0.1) is 19.3 Å². The van der Waals surface area contributed by atoms with Crippen LogP contribution in [0.2, 0.25) is 0 Å². The van der Waals surface area contributed by atoms with Crippen molar-refractivity contribution in [2.45, 2.75) is 6.54 Å². The average Bonchev–Trinajstić information content (AvgIpc) is 2.77. The lowest BCUT2D eigenvalue weighted by Crippen LogP contribution is -2.03. The van der Waals surface area contributed by atoms with Gasteiger partial charge >= 0.3 is 0 Å². The minimum absolute atomic E-state index is 0.0957. The van der Waals surface area contributed by atoms with Crippen LogP contribution in [-0.2, 0) is 6.54 Å². The Bertz CT molecular complexity index is 466. The van der Waals surface area contributed by atoms with Gasteiger partial charge in [0, 0.05) is 18.9 Å². The molecule has 0 radical (unpaired) electrons. The first-order valence-corrected chi connectivity index (χ1v) is 5.12. The van der Waals surface area contributed by atoms with Crippen LogP contribution >= 0.6 is 0 Å². The lowest BCUT2D eigenvalue weighted by molar-refractivity contribution is 0.276. The van der Waals surface area contributed by atoms with Gasteiger partial charge in [-0.1, -0.05) is 12.1 Å². The number of hydrogen-bond acceptors (Lipinski definition) is 3. The van der Waals surface area contributed by atoms with Crippen LogP contribution in [0.25, 0.3) is 11.4 Å². The molecule has 0 amide bonds. The van der Waals surface area contributed by atoms with Crippen LogP contribution in [0.1, 0.15) is 0 Å². The van der Waals surface area contributed by atoms with E-state index >= 15 is 0 Å². The number of para-hydroxylation sites is 1. The Morgan fingerprint density at radius 1 is 1.38 bits per heavy atom. The molecular formula is C12H14N2O2. The monoisotopic (exact) mass is 218 g/mol. The summed E-state index contributed by atoms with van der Waals surface area (Å²) in [4.78, 5) is 4.29. The molecule has 0 bridgehead atoms. The summed E-state index contributed by atoms with van der Waals surface area (Å²) in [6, 6.07) is 7.71. The molecule has 1 aromatic heterocycles. The molecule has 0 atom stereocenters. The molecule has 2 rings (SSSR count). The maximum Gasteiger partial charge on any atom is 0.143 e. The molecule has 0 unspecified atom stereocenters. The normalized spacial score (nSPS) is 10.4. The Kier molecular flexibility index (Phi) is 3.22. The maximum atomic E-state index is 8.96. The number of rotatable bonds is 4. The van der Waals surface area contributed by atoms with Gasteiger partial charge in [0.2, 0.25) is 0 Å². The smallest absolute Gasteiger partial charge is 0.143 e. The molecule has 84 valence electrons. The molecular weight excluding hydrogens is 204 g/mol. The van der Waals surface area contributed by atoms with Gasteiger partial charge in [-0.15, -0.1) is 0 Å². The zero-order valence-corrected chi connectivity index (χ0v) is 9.13. The van der Waals surface area contributed by atoms with Crippen molar-refractivity contribution in [1.82, 2.24) is 9.55 Å². The maximum absolute atomic E-state index is 8.96. The summed E-state index contributed by atoms with van der Waals surface area (Å²) in [7, 11) is 1.64. The highest BCUT2D eigenvalue weighted by atomic mass is 16.5. The van der Waals surface area contributed by atoms with Gasteiger partial charge < -0.3 is 14.4 Å². The average molecular weight is 218 g/mol. The number of aromatic nitrogens is 2. The summed E-state index contributed by atoms with van der Waals surface area (Å²) in [5, 5.41) is 8.96. The fourth-order valence-corrected chi connectivity index (χ4v) is 1.67. The second kappa shape index (κ2) is 4.81. The van der Waals surface area contributed by atoms with E-state index in [1.54, 1.807) is 13.3 Å². The summed E-state index contributed by atoms with van der Waals surface area (Å²) < 4.78 is 7.19. The molecule has 0 saturated heterocycles. The fourth-order valence-electron chi connectivity index (χ4n) is 1.67. The summed E-state index contributed by atoms with van der Waals surface area (Å²) in [6.45, 7) is 0.631. The van der Waals surface area contributed by atoms with E-state index in [9.17, 15) is 0 Å². The van der Waals surface area contributed by atoms with E-state index in [0.717, 1.165) is 17.1 Å². The van der Waals surface area contributed by atoms with Crippen LogP contribution < -0.4 is 4.74 Å². The van der Waals surface area contributed by atoms with Crippen molar-refractivity contribution >= 4 is 0 Å². The minimum atomic E-state index is 0.0957. The van der Waals surface area contributed by atoms with E-state index in [1.807, 2.05) is 35.0 Å². The van der Waals surface area contributed by atoms with Crippen molar-refractivity contribution in [2.24, 2.45) is 0 Å². The highest BCUT2D eigenvalue weighted by Gasteiger charge is 2.10. The Labute approximate surface area is 94.1 Å². The van der Waals surface area contributed by atoms with Crippen LogP contribution in [0.5, 0.6) is 5.75 Å². The van der Waals surface area contributed by atoms with Crippen molar-refractivity contribution in [1.29, 1.82) is 0 Å². The van der Waals surface area contributed by atoms with Gasteiger partial charge in [0.1, 0.15) is 11.6 Å². The third kappa shape index (κ3) is 1.92. The predicted molar refractivity (Wildman–Crippen MR) is 61.3 cm³/mol. The number of methoxy groups -OCH3 is 1. The number of aliphatic hydroxyl groups is 1. The number of hydrogen-bond donors (Lipinski definition) is 1. The van der Waals surface area contributed by atoms with Crippen LogP contribution in [-0.4, -0.2) is 28.4 Å². The highest BCUT2D eigenvalue weighted by molar-refractivity contribution is 5.64. The third-order valence-corrected chi connectivity index (χ3v) is 2.40. The van der Waals surface area contributed by atoms with Crippen LogP contribution in [0.15, 0.2) is 36.7 Å². The molecule has 1 heterocycles. The molecule has 4 heteroatoms. The van der Waals surface area contributed by atoms with Gasteiger partial charge in [-0.25, -0.2) is 4.98 Å². The Balaban J connectivity index is 2.45. The number of imidazole rings is 1. The lowest BCUT2D eigenvalue weighted by atomic mass is 10.2. The molecule has 2 aromatic rings. The van der Waals surface area contributed by atoms with E-state index in [1.165, 1.54) is 0 Å². The second-order valence-corrected chi connectivity index (χ2v) is 3.37. The largest absolute Gasteiger partial charge is 0.496 e. The standard InChI is InChI=1S/C12H14N2O2/c1-16-11-5-3-2-4-10(11)12-13-6-7-14(12)8-9-15/h2-7,15H,8-9H2,1H3. The first-order valence-electron chi connectivity index (χ1n) is 5.12. The summed E-state index contributed by atoms with van der Waals surface area (Å²) in [6.07, 6.45) is 3.56. The molecule has 4 nitrogen and oxygen atoms in total. The first kappa shape index (κ1) is 10.7. The summed E-state index contributed by atoms with van der Waals surface area (Å²) in [5.74, 6) is 1.60. The van der Waals surface area contributed by atoms with Crippen molar-refractivity contribution in [3.63, 3.8) is 0 Å². The quantitative estimate of drug-likeness (QED) is 0.847. The van der Waals surface area contributed by atoms with E-state index in [4.69, 9.17) is 9.84 Å². The fraction of sp³-hybridized carbons (Fsp3) is 0.250. The van der Waals surface area contributed by atoms with Gasteiger partial charge in [0.25, 0.3) is 0 Å². The summed E-state index contributed by atoms with van der Waals surface area (Å²) >= 11 is 0. The lowest BCUT2D eigenvalue weighted by Gasteiger charge is -2.09. The Hall–Kier alpha value is -1.81. The van der Waals surface area contributed by atoms with Gasteiger partial charge in [-0.05, 0) is 12.1 Å². The molecule has 0 aliphatic carbocycles. The number of nitrogens with zero attached hydrogens (tertiary/aromatic N) is 2. The molecule has 0 aliphatic heterocycles. The first-order chi connectivity index (χ1) is 7.86. The van der Waals surface area contributed by atoms with Gasteiger partial charge in [-0.2, -0.15) is 0 Å². The zero-order valence-electron chi connectivity index (χ0n) is 9.13. The van der Waals surface area contributed by atoms with Crippen molar-refractivity contribution in [3.8, 4) is 17.1 Å². The predicted octanol–water partition coefficient (Wildman–Crippen LogP) is 1.55. The van der Waals surface area contributed by atoms with Gasteiger partial charge in [0.15, 0.2) is 0 Å². The highest BCUT2D eigenvalue weighted by Crippen LogP contribution is 2.27. The number of aliphatic hydroxyl groups excluding tert-OH is 1. The van der Waals surface area contributed by atoms with Crippen molar-refractivity contribution < 1.29 is 9.84 Å². The molecule has 0 aliphatic rings. The van der Waals surface area contributed by atoms with Gasteiger partial charge in [-0.3, -0.25) is 0 Å². The molecule has 1 N–H and O–H groups in total. The van der Waals surface area contributed by atoms with Crippen LogP contribution in [0.4, 0.5) is 0 Å². The second-order valence-electron chi connectivity index (χ2n) is 3.37. The van der Waals surface area contributed by atoms with Crippen molar-refractivity contribution in [3.05, 3.63) is 36.7 Å². The molecule has 0 spiro atoms. The Morgan fingerprint density at radius 2 is 2.19 bits per heavy atom. The topological polar surface area (TPSA) is 47.3 Å². The van der Waals surface area contributed by atoms with Crippen LogP contribution in [0, 0.1) is 0 Å². The van der Waals surface area contributed by atoms with E-state index in [2.05, 4.69) is 4.98 Å². The van der Waals surface area contributed by atoms with Crippen molar-refractivity contribution in [2.75, 3.05) is 13.7 Å². The SMILES string of the molecule is COc1ccccc1-c1nccn1CCO. The molecule has 1 aromatic carbocycles. The molecule has 0 saturated carbocycles. The molecule has 16 heavy (non-hydrogen) atoms. The third-order valence-electron chi connectivity index (χ3n) is 2.40. The van der Waals surface area contributed by atoms with Crippen LogP contribution in [0.3, 0.4) is 0 Å². The zero-order chi connectivity index (χ0) is 11.4. The minimum Gasteiger partial charge on any atom is -0.496 e. The summed E-state index contributed by atoms with van der Waals surface area (Å²) in [5.41, 5.74) is 0.934. The van der Waals surface area contributed by atoms with E-state index in [0.29, 0.717) is 6.54 Å². The van der Waals surface area contributed by atoms with E-state index < -0.39 is 0 Å². The Morgan fingerprint density at radius 3 is 2.94 bits per heavy atom. The molecule has 0 fully saturated rings.